The van der Waals surface area contributed by atoms with Gasteiger partial charge in [-0.25, -0.2) is 4.79 Å². The van der Waals surface area contributed by atoms with E-state index in [0.717, 1.165) is 4.90 Å². The number of fused-ring (bicyclic) bond motifs is 4. The van der Waals surface area contributed by atoms with Crippen molar-refractivity contribution in [1.82, 2.24) is 9.96 Å². The molecule has 0 radical (unpaired) electrons. The Morgan fingerprint density at radius 2 is 1.95 bits per heavy atom. The van der Waals surface area contributed by atoms with Gasteiger partial charge < -0.3 is 10.6 Å². The molecule has 2 heterocycles. The Morgan fingerprint density at radius 3 is 2.52 bits per heavy atom. The van der Waals surface area contributed by atoms with Crippen molar-refractivity contribution in [2.75, 3.05) is 6.54 Å². The Hall–Kier alpha value is -2.17. The molecule has 3 amide bonds. The monoisotopic (exact) mass is 313 g/mol. The first-order valence-electron chi connectivity index (χ1n) is 5.94. The van der Waals surface area contributed by atoms with Crippen LogP contribution in [0.5, 0.6) is 0 Å². The molecule has 3 rings (SSSR count). The van der Waals surface area contributed by atoms with Crippen LogP contribution in [0.15, 0.2) is 24.3 Å². The summed E-state index contributed by atoms with van der Waals surface area (Å²) in [5.74, 6) is -0.733. The third-order valence-corrected chi connectivity index (χ3v) is 3.84. The highest BCUT2D eigenvalue weighted by molar-refractivity contribution is 7.80. The highest BCUT2D eigenvalue weighted by Crippen LogP contribution is 2.43. The Balaban J connectivity index is 2.11. The van der Waals surface area contributed by atoms with Crippen LogP contribution in [0.25, 0.3) is 0 Å². The summed E-state index contributed by atoms with van der Waals surface area (Å²) >= 11 is 0. The number of amides is 3. The van der Waals surface area contributed by atoms with E-state index in [1.165, 1.54) is 0 Å². The molecule has 9 nitrogen and oxygen atoms in total. The lowest BCUT2D eigenvalue weighted by molar-refractivity contribution is -0.122. The number of rotatable bonds is 3. The van der Waals surface area contributed by atoms with Gasteiger partial charge in [0.2, 0.25) is 5.91 Å². The largest absolute Gasteiger partial charge is 0.418 e. The molecule has 2 unspecified atom stereocenters. The van der Waals surface area contributed by atoms with Crippen molar-refractivity contribution in [3.8, 4) is 0 Å². The van der Waals surface area contributed by atoms with Crippen LogP contribution in [0.2, 0.25) is 0 Å². The summed E-state index contributed by atoms with van der Waals surface area (Å²) < 4.78 is 34.9. The molecule has 2 bridgehead atoms. The van der Waals surface area contributed by atoms with Crippen LogP contribution in [0.1, 0.15) is 23.2 Å². The number of primary amides is 1. The first-order chi connectivity index (χ1) is 9.79. The van der Waals surface area contributed by atoms with Crippen LogP contribution in [0.3, 0.4) is 0 Å². The highest BCUT2D eigenvalue weighted by atomic mass is 32.3. The second kappa shape index (κ2) is 4.41. The summed E-state index contributed by atoms with van der Waals surface area (Å²) in [4.78, 5) is 24.9. The standard InChI is InChI=1S/C11H11N3O6S/c12-10(15)9-7-4-2-1-3-6(7)8-5-13(9)11(16)14(8)20-21(17,18)19/h1-4,8-9H,5H2,(H2,12,15)(H,17,18,19). The normalized spacial score (nSPS) is 24.1. The minimum Gasteiger partial charge on any atom is -0.368 e. The van der Waals surface area contributed by atoms with Crippen LogP contribution in [0.4, 0.5) is 4.79 Å². The molecule has 0 saturated carbocycles. The molecule has 2 atom stereocenters. The van der Waals surface area contributed by atoms with Crippen molar-refractivity contribution in [2.45, 2.75) is 12.1 Å². The maximum atomic E-state index is 12.2. The molecular formula is C11H11N3O6S. The van der Waals surface area contributed by atoms with E-state index in [0.29, 0.717) is 16.2 Å². The van der Waals surface area contributed by atoms with E-state index in [-0.39, 0.29) is 6.54 Å². The number of carbonyl (C=O) groups excluding carboxylic acids is 2. The number of hydrogen-bond donors (Lipinski definition) is 2. The second-order valence-electron chi connectivity index (χ2n) is 4.71. The predicted molar refractivity (Wildman–Crippen MR) is 67.7 cm³/mol. The average Bonchev–Trinajstić information content (AvgIpc) is 2.64. The third-order valence-electron chi connectivity index (χ3n) is 3.49. The Morgan fingerprint density at radius 1 is 1.33 bits per heavy atom. The number of hydroxylamine groups is 2. The smallest absolute Gasteiger partial charge is 0.368 e. The molecule has 3 N–H and O–H groups in total. The number of nitrogens with zero attached hydrogens (tertiary/aromatic N) is 2. The van der Waals surface area contributed by atoms with E-state index in [4.69, 9.17) is 10.3 Å². The van der Waals surface area contributed by atoms with Gasteiger partial charge in [-0.1, -0.05) is 24.3 Å². The molecule has 1 saturated heterocycles. The lowest BCUT2D eigenvalue weighted by Crippen LogP contribution is -2.41. The molecule has 2 aliphatic rings. The van der Waals surface area contributed by atoms with Gasteiger partial charge in [0.15, 0.2) is 0 Å². The van der Waals surface area contributed by atoms with Gasteiger partial charge >= 0.3 is 16.4 Å². The zero-order chi connectivity index (χ0) is 15.4. The molecule has 0 aliphatic carbocycles. The fourth-order valence-corrected chi connectivity index (χ4v) is 3.13. The molecule has 0 spiro atoms. The van der Waals surface area contributed by atoms with E-state index in [1.807, 2.05) is 0 Å². The molecule has 10 heteroatoms. The van der Waals surface area contributed by atoms with Crippen molar-refractivity contribution in [3.63, 3.8) is 0 Å². The Bertz CT molecular complexity index is 733. The van der Waals surface area contributed by atoms with Crippen LogP contribution in [-0.2, 0) is 19.5 Å². The fourth-order valence-electron chi connectivity index (χ4n) is 2.76. The maximum absolute atomic E-state index is 12.2. The molecule has 112 valence electrons. The zero-order valence-electron chi connectivity index (χ0n) is 10.5. The summed E-state index contributed by atoms with van der Waals surface area (Å²) in [6.07, 6.45) is 0. The molecule has 1 fully saturated rings. The van der Waals surface area contributed by atoms with Crippen molar-refractivity contribution < 1.29 is 26.8 Å². The summed E-state index contributed by atoms with van der Waals surface area (Å²) in [7, 11) is -4.86. The summed E-state index contributed by atoms with van der Waals surface area (Å²) in [6, 6.07) is 4.05. The lowest BCUT2D eigenvalue weighted by Gasteiger charge is -2.30. The van der Waals surface area contributed by atoms with E-state index >= 15 is 0 Å². The van der Waals surface area contributed by atoms with Crippen molar-refractivity contribution >= 4 is 22.3 Å². The predicted octanol–water partition coefficient (Wildman–Crippen LogP) is -0.260. The van der Waals surface area contributed by atoms with Crippen molar-refractivity contribution in [2.24, 2.45) is 5.73 Å². The molecule has 1 aromatic rings. The fraction of sp³-hybridized carbons (Fsp3) is 0.273. The van der Waals surface area contributed by atoms with E-state index in [9.17, 15) is 18.0 Å². The topological polar surface area (TPSA) is 130 Å². The van der Waals surface area contributed by atoms with E-state index < -0.39 is 34.4 Å². The van der Waals surface area contributed by atoms with Crippen LogP contribution in [0, 0.1) is 0 Å². The van der Waals surface area contributed by atoms with Gasteiger partial charge in [0.05, 0.1) is 6.54 Å². The summed E-state index contributed by atoms with van der Waals surface area (Å²) in [5, 5.41) is 0.539. The van der Waals surface area contributed by atoms with Gasteiger partial charge in [0.25, 0.3) is 0 Å². The van der Waals surface area contributed by atoms with Gasteiger partial charge in [-0.05, 0) is 11.1 Å². The Kier molecular flexibility index (Phi) is 2.90. The molecule has 1 aromatic carbocycles. The van der Waals surface area contributed by atoms with Gasteiger partial charge in [0, 0.05) is 0 Å². The number of carbonyl (C=O) groups is 2. The maximum Gasteiger partial charge on any atom is 0.418 e. The number of hydrogen-bond acceptors (Lipinski definition) is 5. The van der Waals surface area contributed by atoms with Crippen LogP contribution >= 0.6 is 0 Å². The summed E-state index contributed by atoms with van der Waals surface area (Å²) in [5.41, 5.74) is 6.40. The van der Waals surface area contributed by atoms with Crippen LogP contribution < -0.4 is 5.73 Å². The minimum absolute atomic E-state index is 0.0406. The molecule has 0 aromatic heterocycles. The highest BCUT2D eigenvalue weighted by Gasteiger charge is 2.51. The number of nitrogens with two attached hydrogens (primary N) is 1. The third kappa shape index (κ3) is 2.13. The zero-order valence-corrected chi connectivity index (χ0v) is 11.4. The summed E-state index contributed by atoms with van der Waals surface area (Å²) in [6.45, 7) is 0.0406. The van der Waals surface area contributed by atoms with Crippen molar-refractivity contribution in [3.05, 3.63) is 35.4 Å². The average molecular weight is 313 g/mol. The SMILES string of the molecule is NC(=O)C1c2ccccc2C2CN1C(=O)N2OS(=O)(=O)O. The van der Waals surface area contributed by atoms with Crippen LogP contribution in [-0.4, -0.2) is 41.4 Å². The number of urea groups is 1. The number of benzene rings is 1. The van der Waals surface area contributed by atoms with Gasteiger partial charge in [-0.15, -0.1) is 4.28 Å². The quantitative estimate of drug-likeness (QED) is 0.739. The minimum atomic E-state index is -4.86. The van der Waals surface area contributed by atoms with Gasteiger partial charge in [-0.2, -0.15) is 13.5 Å². The molecular weight excluding hydrogens is 302 g/mol. The van der Waals surface area contributed by atoms with Crippen molar-refractivity contribution in [1.29, 1.82) is 0 Å². The van der Waals surface area contributed by atoms with Gasteiger partial charge in [0.1, 0.15) is 12.1 Å². The lowest BCUT2D eigenvalue weighted by atomic mass is 9.91. The molecule has 2 aliphatic heterocycles. The Labute approximate surface area is 119 Å². The van der Waals surface area contributed by atoms with Gasteiger partial charge in [-0.3, -0.25) is 9.35 Å². The van der Waals surface area contributed by atoms with E-state index in [1.54, 1.807) is 24.3 Å². The van der Waals surface area contributed by atoms with E-state index in [2.05, 4.69) is 4.28 Å². The second-order valence-corrected chi connectivity index (χ2v) is 5.72. The first kappa shape index (κ1) is 13.8. The first-order valence-corrected chi connectivity index (χ1v) is 7.31. The molecule has 21 heavy (non-hydrogen) atoms.